The highest BCUT2D eigenvalue weighted by Gasteiger charge is 2.41. The summed E-state index contributed by atoms with van der Waals surface area (Å²) < 4.78 is 12.0. The number of piperidine rings is 1. The van der Waals surface area contributed by atoms with Crippen LogP contribution < -0.4 is 24.6 Å². The molecule has 0 bridgehead atoms. The molecule has 2 fully saturated rings. The maximum absolute atomic E-state index is 14.0. The van der Waals surface area contributed by atoms with Crippen LogP contribution in [0.1, 0.15) is 68.7 Å². The van der Waals surface area contributed by atoms with Gasteiger partial charge in [0.15, 0.2) is 17.3 Å². The summed E-state index contributed by atoms with van der Waals surface area (Å²) in [6.07, 6.45) is 5.14. The molecule has 0 aromatic heterocycles. The van der Waals surface area contributed by atoms with Gasteiger partial charge in [0.05, 0.1) is 31.7 Å². The second-order valence-electron chi connectivity index (χ2n) is 12.8. The van der Waals surface area contributed by atoms with E-state index in [0.717, 1.165) is 73.3 Å². The Kier molecular flexibility index (Phi) is 9.39. The molecule has 3 aliphatic rings. The predicted molar refractivity (Wildman–Crippen MR) is 180 cm³/mol. The van der Waals surface area contributed by atoms with E-state index in [1.807, 2.05) is 67.4 Å². The maximum Gasteiger partial charge on any atom is 0.232 e. The quantitative estimate of drug-likeness (QED) is 0.247. The third-order valence-electron chi connectivity index (χ3n) is 9.73. The van der Waals surface area contributed by atoms with Crippen LogP contribution in [0.5, 0.6) is 11.5 Å². The summed E-state index contributed by atoms with van der Waals surface area (Å²) in [4.78, 5) is 31.6. The summed E-state index contributed by atoms with van der Waals surface area (Å²) in [6.45, 7) is 6.03. The number of rotatable bonds is 11. The lowest BCUT2D eigenvalue weighted by atomic mass is 9.85. The lowest BCUT2D eigenvalue weighted by molar-refractivity contribution is -0.123. The van der Waals surface area contributed by atoms with Crippen LogP contribution in [-0.4, -0.2) is 51.1 Å². The zero-order valence-corrected chi connectivity index (χ0v) is 27.5. The van der Waals surface area contributed by atoms with E-state index in [1.165, 1.54) is 0 Å². The van der Waals surface area contributed by atoms with Crippen LogP contribution in [0.15, 0.2) is 60.7 Å². The number of nitrogens with zero attached hydrogens (tertiary/aromatic N) is 2. The number of likely N-dealkylation sites (N-methyl/N-ethyl adjacent to an activating group) is 1. The number of carbonyl (C=O) groups is 2. The Morgan fingerprint density at radius 2 is 1.71 bits per heavy atom. The molecule has 0 spiro atoms. The van der Waals surface area contributed by atoms with Gasteiger partial charge in [0, 0.05) is 29.4 Å². The van der Waals surface area contributed by atoms with Gasteiger partial charge in [0.1, 0.15) is 0 Å². The monoisotopic (exact) mass is 629 g/mol. The van der Waals surface area contributed by atoms with E-state index in [-0.39, 0.29) is 36.4 Å². The highest BCUT2D eigenvalue weighted by Crippen LogP contribution is 2.44. The van der Waals surface area contributed by atoms with E-state index in [1.54, 1.807) is 7.11 Å². The van der Waals surface area contributed by atoms with E-state index in [2.05, 4.69) is 29.3 Å². The van der Waals surface area contributed by atoms with Gasteiger partial charge in [-0.3, -0.25) is 9.59 Å². The number of Topliss-reactive ketones (excluding diaryl/α,β-unsaturated/α-hetero) is 1. The number of ketones is 1. The largest absolute Gasteiger partial charge is 0.493 e. The summed E-state index contributed by atoms with van der Waals surface area (Å²) in [5, 5.41) is 4.08. The van der Waals surface area contributed by atoms with Crippen LogP contribution in [0, 0.1) is 11.8 Å². The van der Waals surface area contributed by atoms with Crippen molar-refractivity contribution >= 4 is 34.7 Å². The summed E-state index contributed by atoms with van der Waals surface area (Å²) in [5.41, 5.74) is 4.66. The van der Waals surface area contributed by atoms with Crippen molar-refractivity contribution in [2.75, 3.05) is 37.0 Å². The van der Waals surface area contributed by atoms with Crippen molar-refractivity contribution in [3.05, 3.63) is 82.4 Å². The zero-order chi connectivity index (χ0) is 31.7. The van der Waals surface area contributed by atoms with Crippen LogP contribution in [-0.2, 0) is 16.0 Å². The Morgan fingerprint density at radius 3 is 2.33 bits per heavy atom. The number of fused-ring (bicyclic) bond motifs is 1. The molecule has 1 amide bonds. The third-order valence-corrected chi connectivity index (χ3v) is 9.98. The van der Waals surface area contributed by atoms with Crippen molar-refractivity contribution in [2.24, 2.45) is 11.8 Å². The molecule has 2 aliphatic heterocycles. The van der Waals surface area contributed by atoms with Gasteiger partial charge in [-0.25, -0.2) is 0 Å². The molecule has 3 aromatic rings. The van der Waals surface area contributed by atoms with Crippen LogP contribution in [0.4, 0.5) is 11.4 Å². The van der Waals surface area contributed by atoms with E-state index in [4.69, 9.17) is 21.1 Å². The molecule has 3 atom stereocenters. The van der Waals surface area contributed by atoms with E-state index >= 15 is 0 Å². The first-order valence-electron chi connectivity index (χ1n) is 16.3. The second-order valence-corrected chi connectivity index (χ2v) is 13.2. The molecule has 1 N–H and O–H groups in total. The van der Waals surface area contributed by atoms with E-state index in [0.29, 0.717) is 28.2 Å². The van der Waals surface area contributed by atoms with Gasteiger partial charge in [0.2, 0.25) is 5.91 Å². The van der Waals surface area contributed by atoms with Gasteiger partial charge in [0.25, 0.3) is 0 Å². The zero-order valence-electron chi connectivity index (χ0n) is 26.7. The third kappa shape index (κ3) is 6.56. The lowest BCUT2D eigenvalue weighted by Gasteiger charge is -2.39. The van der Waals surface area contributed by atoms with Crippen LogP contribution >= 0.6 is 11.6 Å². The molecule has 238 valence electrons. The number of ether oxygens (including phenoxy) is 2. The van der Waals surface area contributed by atoms with Crippen LogP contribution in [0.3, 0.4) is 0 Å². The van der Waals surface area contributed by atoms with Crippen molar-refractivity contribution in [1.29, 1.82) is 0 Å². The lowest BCUT2D eigenvalue weighted by Crippen LogP contribution is -2.48. The number of amides is 1. The molecule has 2 heterocycles. The molecule has 1 aliphatic carbocycles. The average molecular weight is 630 g/mol. The highest BCUT2D eigenvalue weighted by molar-refractivity contribution is 6.30. The molecule has 0 radical (unpaired) electrons. The minimum atomic E-state index is -0.383. The Labute approximate surface area is 271 Å². The molecule has 1 saturated heterocycles. The van der Waals surface area contributed by atoms with E-state index in [9.17, 15) is 9.59 Å². The van der Waals surface area contributed by atoms with Gasteiger partial charge in [-0.2, -0.15) is 0 Å². The van der Waals surface area contributed by atoms with Gasteiger partial charge in [-0.1, -0.05) is 30.7 Å². The SMILES string of the molecule is CCC(C)Oc1cc2c(cc1OC)CC(=O)N(c1ccc(N(C)C(C(=O)C3CC3)C3CCNCC3)cc1)C2c1ccc(Cl)cc1. The van der Waals surface area contributed by atoms with Crippen molar-refractivity contribution in [1.82, 2.24) is 5.32 Å². The van der Waals surface area contributed by atoms with Crippen molar-refractivity contribution in [3.63, 3.8) is 0 Å². The molecule has 3 aromatic carbocycles. The first-order chi connectivity index (χ1) is 21.8. The number of carbonyl (C=O) groups excluding carboxylic acids is 2. The minimum Gasteiger partial charge on any atom is -0.493 e. The number of halogens is 1. The predicted octanol–water partition coefficient (Wildman–Crippen LogP) is 6.99. The molecule has 6 rings (SSSR count). The standard InChI is InChI=1S/C37H44ClN3O4/c1-5-23(2)45-33-22-31-27(20-32(33)44-4)21-34(42)41(35(31)24-8-10-28(38)11-9-24)30-14-12-29(13-15-30)40(3)36(37(43)26-6-7-26)25-16-18-39-19-17-25/h8-15,20,22-23,25-26,35-36,39H,5-7,16-19,21H2,1-4H3. The average Bonchev–Trinajstić information content (AvgIpc) is 3.91. The number of anilines is 2. The molecule has 7 nitrogen and oxygen atoms in total. The molecular formula is C37H44ClN3O4. The van der Waals surface area contributed by atoms with E-state index < -0.39 is 0 Å². The summed E-state index contributed by atoms with van der Waals surface area (Å²) >= 11 is 6.30. The van der Waals surface area contributed by atoms with Gasteiger partial charge in [-0.05, 0) is 123 Å². The number of methoxy groups -OCH3 is 1. The van der Waals surface area contributed by atoms with Gasteiger partial charge in [-0.15, -0.1) is 0 Å². The highest BCUT2D eigenvalue weighted by atomic mass is 35.5. The fourth-order valence-electron chi connectivity index (χ4n) is 6.89. The number of hydrogen-bond donors (Lipinski definition) is 1. The Balaban J connectivity index is 1.37. The Hall–Kier alpha value is -3.55. The Bertz CT molecular complexity index is 1520. The van der Waals surface area contributed by atoms with Crippen LogP contribution in [0.25, 0.3) is 0 Å². The first kappa shape index (κ1) is 31.4. The van der Waals surface area contributed by atoms with Gasteiger partial charge < -0.3 is 24.6 Å². The molecule has 3 unspecified atom stereocenters. The van der Waals surface area contributed by atoms with Crippen molar-refractivity contribution in [2.45, 2.75) is 70.6 Å². The van der Waals surface area contributed by atoms with Crippen molar-refractivity contribution < 1.29 is 19.1 Å². The Morgan fingerprint density at radius 1 is 1.02 bits per heavy atom. The topological polar surface area (TPSA) is 71.1 Å². The maximum atomic E-state index is 14.0. The molecular weight excluding hydrogens is 586 g/mol. The summed E-state index contributed by atoms with van der Waals surface area (Å²) in [6, 6.07) is 19.3. The minimum absolute atomic E-state index is 0.00213. The number of benzene rings is 3. The number of nitrogens with one attached hydrogen (secondary N) is 1. The van der Waals surface area contributed by atoms with Gasteiger partial charge >= 0.3 is 0 Å². The summed E-state index contributed by atoms with van der Waals surface area (Å²) in [7, 11) is 3.68. The first-order valence-corrected chi connectivity index (χ1v) is 16.7. The molecule has 1 saturated carbocycles. The number of hydrogen-bond acceptors (Lipinski definition) is 6. The van der Waals surface area contributed by atoms with Crippen LogP contribution in [0.2, 0.25) is 5.02 Å². The smallest absolute Gasteiger partial charge is 0.232 e. The summed E-state index contributed by atoms with van der Waals surface area (Å²) in [5.74, 6) is 2.21. The fourth-order valence-corrected chi connectivity index (χ4v) is 7.02. The normalized spacial score (nSPS) is 19.9. The molecule has 8 heteroatoms. The fraction of sp³-hybridized carbons (Fsp3) is 0.459. The van der Waals surface area contributed by atoms with Crippen molar-refractivity contribution in [3.8, 4) is 11.5 Å². The molecule has 45 heavy (non-hydrogen) atoms. The second kappa shape index (κ2) is 13.4.